The third-order valence-electron chi connectivity index (χ3n) is 7.72. The number of amides is 2. The van der Waals surface area contributed by atoms with Crippen molar-refractivity contribution in [2.24, 2.45) is 9.98 Å². The van der Waals surface area contributed by atoms with Crippen molar-refractivity contribution in [1.29, 1.82) is 0 Å². The molecule has 1 unspecified atom stereocenters. The molecular weight excluding hydrogens is 500 g/mol. The third kappa shape index (κ3) is 4.68. The molecule has 0 bridgehead atoms. The van der Waals surface area contributed by atoms with E-state index in [0.29, 0.717) is 65.1 Å². The summed E-state index contributed by atoms with van der Waals surface area (Å²) in [7, 11) is 3.12. The number of methoxy groups -OCH3 is 2. The van der Waals surface area contributed by atoms with Crippen LogP contribution < -0.4 is 18.9 Å². The van der Waals surface area contributed by atoms with Crippen LogP contribution in [0.4, 0.5) is 11.4 Å². The maximum absolute atomic E-state index is 13.1. The van der Waals surface area contributed by atoms with Crippen LogP contribution in [0.15, 0.2) is 34.3 Å². The minimum Gasteiger partial charge on any atom is -0.493 e. The van der Waals surface area contributed by atoms with E-state index < -0.39 is 0 Å². The average Bonchev–Trinajstić information content (AvgIpc) is 3.58. The predicted octanol–water partition coefficient (Wildman–Crippen LogP) is 4.19. The number of ether oxygens (including phenoxy) is 4. The summed E-state index contributed by atoms with van der Waals surface area (Å²) >= 11 is 0. The Kier molecular flexibility index (Phi) is 6.85. The molecule has 0 aliphatic carbocycles. The normalized spacial score (nSPS) is 21.1. The molecule has 4 aliphatic heterocycles. The van der Waals surface area contributed by atoms with E-state index >= 15 is 0 Å². The van der Waals surface area contributed by atoms with E-state index in [9.17, 15) is 9.59 Å². The first-order chi connectivity index (χ1) is 19.1. The summed E-state index contributed by atoms with van der Waals surface area (Å²) in [4.78, 5) is 39.0. The SMILES string of the molecule is COc1cc2c(cc1OCCCOc1cc3c(cc1OC)C(=O)N1CCC[C@H]1C=N3)N=CC1CCCN1C2=O. The van der Waals surface area contributed by atoms with Gasteiger partial charge in [-0.3, -0.25) is 19.6 Å². The van der Waals surface area contributed by atoms with Gasteiger partial charge < -0.3 is 28.7 Å². The summed E-state index contributed by atoms with van der Waals surface area (Å²) in [6.07, 6.45) is 8.13. The van der Waals surface area contributed by atoms with E-state index in [-0.39, 0.29) is 23.9 Å². The van der Waals surface area contributed by atoms with E-state index in [1.54, 1.807) is 38.5 Å². The first-order valence-electron chi connectivity index (χ1n) is 13.5. The zero-order valence-corrected chi connectivity index (χ0v) is 22.2. The summed E-state index contributed by atoms with van der Waals surface area (Å²) in [6.45, 7) is 2.21. The van der Waals surface area contributed by atoms with E-state index in [4.69, 9.17) is 18.9 Å². The minimum atomic E-state index is -0.0237. The molecule has 2 fully saturated rings. The molecular formula is C29H32N4O6. The first kappa shape index (κ1) is 25.2. The number of benzene rings is 2. The van der Waals surface area contributed by atoms with Crippen molar-refractivity contribution >= 4 is 35.6 Å². The lowest BCUT2D eigenvalue weighted by Gasteiger charge is -2.20. The van der Waals surface area contributed by atoms with Crippen molar-refractivity contribution in [2.75, 3.05) is 40.5 Å². The summed E-state index contributed by atoms with van der Waals surface area (Å²) < 4.78 is 23.1. The van der Waals surface area contributed by atoms with E-state index in [1.807, 2.05) is 22.2 Å². The van der Waals surface area contributed by atoms with Crippen LogP contribution in [0.5, 0.6) is 23.0 Å². The van der Waals surface area contributed by atoms with Gasteiger partial charge in [0.15, 0.2) is 23.0 Å². The standard InChI is InChI=1S/C29H32N4O6/c1-36-24-12-20-22(30-16-18-6-3-8-32(18)28(20)34)14-26(24)38-10-5-11-39-27-15-23-21(13-25(27)37-2)29(35)33-9-4-7-19(33)17-31-23/h12-19H,3-11H2,1-2H3/t18-,19?/m0/s1. The molecule has 4 aliphatic rings. The molecule has 10 nitrogen and oxygen atoms in total. The summed E-state index contributed by atoms with van der Waals surface area (Å²) in [5, 5.41) is 0. The fourth-order valence-corrected chi connectivity index (χ4v) is 5.66. The number of carbonyl (C=O) groups is 2. The van der Waals surface area contributed by atoms with Crippen LogP contribution in [-0.4, -0.2) is 86.6 Å². The van der Waals surface area contributed by atoms with E-state index in [0.717, 1.165) is 38.8 Å². The zero-order valence-electron chi connectivity index (χ0n) is 22.2. The summed E-state index contributed by atoms with van der Waals surface area (Å²) in [6, 6.07) is 7.05. The number of hydrogen-bond donors (Lipinski definition) is 0. The molecule has 204 valence electrons. The van der Waals surface area contributed by atoms with Crippen LogP contribution in [0.2, 0.25) is 0 Å². The predicted molar refractivity (Wildman–Crippen MR) is 146 cm³/mol. The van der Waals surface area contributed by atoms with Gasteiger partial charge in [0, 0.05) is 44.1 Å². The summed E-state index contributed by atoms with van der Waals surface area (Å²) in [5.74, 6) is 1.99. The maximum Gasteiger partial charge on any atom is 0.256 e. The Bertz CT molecular complexity index is 1250. The van der Waals surface area contributed by atoms with Gasteiger partial charge >= 0.3 is 0 Å². The van der Waals surface area contributed by atoms with Crippen molar-refractivity contribution in [3.63, 3.8) is 0 Å². The van der Waals surface area contributed by atoms with Crippen molar-refractivity contribution in [3.05, 3.63) is 35.4 Å². The lowest BCUT2D eigenvalue weighted by molar-refractivity contribution is 0.0766. The number of fused-ring (bicyclic) bond motifs is 4. The van der Waals surface area contributed by atoms with E-state index in [2.05, 4.69) is 9.98 Å². The number of carbonyl (C=O) groups excluding carboxylic acids is 2. The first-order valence-corrected chi connectivity index (χ1v) is 13.5. The van der Waals surface area contributed by atoms with Gasteiger partial charge in [0.1, 0.15) is 0 Å². The third-order valence-corrected chi connectivity index (χ3v) is 7.72. The molecule has 2 saturated heterocycles. The molecule has 2 amide bonds. The smallest absolute Gasteiger partial charge is 0.256 e. The molecule has 4 heterocycles. The second-order valence-electron chi connectivity index (χ2n) is 10.1. The zero-order chi connectivity index (χ0) is 26.9. The fourth-order valence-electron chi connectivity index (χ4n) is 5.66. The van der Waals surface area contributed by atoms with Gasteiger partial charge in [-0.15, -0.1) is 0 Å². The Morgan fingerprint density at radius 3 is 1.62 bits per heavy atom. The molecule has 10 heteroatoms. The molecule has 39 heavy (non-hydrogen) atoms. The molecule has 0 spiro atoms. The van der Waals surface area contributed by atoms with Crippen LogP contribution in [0, 0.1) is 0 Å². The van der Waals surface area contributed by atoms with Crippen molar-refractivity contribution < 1.29 is 28.5 Å². The fraction of sp³-hybridized carbons (Fsp3) is 0.448. The average molecular weight is 533 g/mol. The Labute approximate surface area is 227 Å². The molecule has 2 atom stereocenters. The van der Waals surface area contributed by atoms with Crippen molar-refractivity contribution in [2.45, 2.75) is 44.2 Å². The van der Waals surface area contributed by atoms with Crippen molar-refractivity contribution in [1.82, 2.24) is 9.80 Å². The second kappa shape index (κ2) is 10.6. The van der Waals surface area contributed by atoms with Crippen LogP contribution in [0.3, 0.4) is 0 Å². The topological polar surface area (TPSA) is 102 Å². The largest absolute Gasteiger partial charge is 0.493 e. The van der Waals surface area contributed by atoms with Crippen LogP contribution in [0.25, 0.3) is 0 Å². The van der Waals surface area contributed by atoms with Gasteiger partial charge in [-0.25, -0.2) is 0 Å². The highest BCUT2D eigenvalue weighted by Crippen LogP contribution is 2.39. The lowest BCUT2D eigenvalue weighted by Crippen LogP contribution is -2.35. The Morgan fingerprint density at radius 1 is 0.718 bits per heavy atom. The maximum atomic E-state index is 13.1. The molecule has 0 saturated carbocycles. The highest BCUT2D eigenvalue weighted by atomic mass is 16.5. The number of hydrogen-bond acceptors (Lipinski definition) is 8. The van der Waals surface area contributed by atoms with Gasteiger partial charge in [0.05, 0.1) is 62.0 Å². The Morgan fingerprint density at radius 2 is 1.18 bits per heavy atom. The highest BCUT2D eigenvalue weighted by molar-refractivity contribution is 6.04. The Hall–Kier alpha value is -4.08. The van der Waals surface area contributed by atoms with Crippen LogP contribution in [0.1, 0.15) is 52.8 Å². The minimum absolute atomic E-state index is 0.0237. The second-order valence-corrected chi connectivity index (χ2v) is 10.1. The van der Waals surface area contributed by atoms with E-state index in [1.165, 1.54) is 0 Å². The Balaban J connectivity index is 1.11. The molecule has 2 aromatic rings. The monoisotopic (exact) mass is 532 g/mol. The summed E-state index contributed by atoms with van der Waals surface area (Å²) in [5.41, 5.74) is 2.23. The quantitative estimate of drug-likeness (QED) is 0.473. The molecule has 0 radical (unpaired) electrons. The molecule has 6 rings (SSSR count). The van der Waals surface area contributed by atoms with Gasteiger partial charge in [0.25, 0.3) is 11.8 Å². The molecule has 0 aromatic heterocycles. The van der Waals surface area contributed by atoms with Gasteiger partial charge in [-0.1, -0.05) is 0 Å². The number of nitrogens with zero attached hydrogens (tertiary/aromatic N) is 4. The van der Waals surface area contributed by atoms with Crippen molar-refractivity contribution in [3.8, 4) is 23.0 Å². The van der Waals surface area contributed by atoms with Crippen LogP contribution >= 0.6 is 0 Å². The van der Waals surface area contributed by atoms with Gasteiger partial charge in [-0.2, -0.15) is 0 Å². The lowest BCUT2D eigenvalue weighted by atomic mass is 10.1. The highest BCUT2D eigenvalue weighted by Gasteiger charge is 2.34. The van der Waals surface area contributed by atoms with Gasteiger partial charge in [-0.05, 0) is 37.8 Å². The molecule has 0 N–H and O–H groups in total. The number of aliphatic imine (C=N–C) groups is 2. The van der Waals surface area contributed by atoms with Crippen LogP contribution in [-0.2, 0) is 0 Å². The number of rotatable bonds is 8. The molecule has 2 aromatic carbocycles. The van der Waals surface area contributed by atoms with Gasteiger partial charge in [0.2, 0.25) is 0 Å².